The van der Waals surface area contributed by atoms with Gasteiger partial charge >= 0.3 is 0 Å². The average molecular weight is 282 g/mol. The number of methoxy groups -OCH3 is 1. The summed E-state index contributed by atoms with van der Waals surface area (Å²) in [5.41, 5.74) is 2.18. The monoisotopic (exact) mass is 282 g/mol. The second-order valence-electron chi connectivity index (χ2n) is 5.22. The molecule has 0 aliphatic carbocycles. The Hall–Kier alpha value is -0.980. The van der Waals surface area contributed by atoms with Gasteiger partial charge in [-0.2, -0.15) is 0 Å². The standard InChI is InChI=1S/C13H18N2O3S/c1-17-10-6-13(18-7-10)2-4-15(5-3-13)12(16)11-8-19-9-14-11/h8-10H,2-7H2,1H3/t10-/m1/s1. The van der Waals surface area contributed by atoms with Crippen molar-refractivity contribution in [3.63, 3.8) is 0 Å². The van der Waals surface area contributed by atoms with Crippen LogP contribution in [0.3, 0.4) is 0 Å². The van der Waals surface area contributed by atoms with Crippen molar-refractivity contribution in [2.75, 3.05) is 26.8 Å². The fourth-order valence-corrected chi connectivity index (χ4v) is 3.43. The van der Waals surface area contributed by atoms with E-state index in [2.05, 4.69) is 4.98 Å². The molecule has 2 aliphatic rings. The van der Waals surface area contributed by atoms with Gasteiger partial charge in [0, 0.05) is 32.0 Å². The Bertz CT molecular complexity index is 441. The highest BCUT2D eigenvalue weighted by atomic mass is 32.1. The quantitative estimate of drug-likeness (QED) is 0.826. The van der Waals surface area contributed by atoms with Gasteiger partial charge in [0.05, 0.1) is 23.8 Å². The molecule has 3 rings (SSSR count). The normalized spacial score (nSPS) is 25.9. The largest absolute Gasteiger partial charge is 0.379 e. The Kier molecular flexibility index (Phi) is 3.56. The van der Waals surface area contributed by atoms with Crippen molar-refractivity contribution >= 4 is 17.2 Å². The van der Waals surface area contributed by atoms with Gasteiger partial charge in [0.25, 0.3) is 5.91 Å². The van der Waals surface area contributed by atoms with Crippen molar-refractivity contribution < 1.29 is 14.3 Å². The van der Waals surface area contributed by atoms with Crippen LogP contribution in [0.15, 0.2) is 10.9 Å². The van der Waals surface area contributed by atoms with E-state index >= 15 is 0 Å². The molecular weight excluding hydrogens is 264 g/mol. The topological polar surface area (TPSA) is 51.7 Å². The number of hydrogen-bond acceptors (Lipinski definition) is 5. The molecule has 3 heterocycles. The maximum absolute atomic E-state index is 12.2. The Morgan fingerprint density at radius 2 is 2.37 bits per heavy atom. The molecule has 1 spiro atoms. The lowest BCUT2D eigenvalue weighted by Gasteiger charge is -2.38. The minimum absolute atomic E-state index is 0.0392. The summed E-state index contributed by atoms with van der Waals surface area (Å²) in [4.78, 5) is 18.1. The van der Waals surface area contributed by atoms with E-state index in [0.717, 1.165) is 32.4 Å². The van der Waals surface area contributed by atoms with Crippen molar-refractivity contribution in [1.29, 1.82) is 0 Å². The highest BCUT2D eigenvalue weighted by molar-refractivity contribution is 7.07. The Labute approximate surface area is 116 Å². The van der Waals surface area contributed by atoms with E-state index in [1.807, 2.05) is 4.90 Å². The number of carbonyl (C=O) groups excluding carboxylic acids is 1. The van der Waals surface area contributed by atoms with Gasteiger partial charge < -0.3 is 14.4 Å². The highest BCUT2D eigenvalue weighted by Crippen LogP contribution is 2.37. The van der Waals surface area contributed by atoms with E-state index in [1.54, 1.807) is 18.0 Å². The van der Waals surface area contributed by atoms with Crippen LogP contribution in [0.5, 0.6) is 0 Å². The van der Waals surface area contributed by atoms with Crippen LogP contribution in [-0.4, -0.2) is 54.3 Å². The van der Waals surface area contributed by atoms with E-state index in [4.69, 9.17) is 9.47 Å². The molecule has 2 saturated heterocycles. The summed E-state index contributed by atoms with van der Waals surface area (Å²) in [6.45, 7) is 2.16. The third-order valence-corrected chi connectivity index (χ3v) is 4.71. The zero-order chi connectivity index (χ0) is 13.3. The van der Waals surface area contributed by atoms with Gasteiger partial charge in [-0.3, -0.25) is 4.79 Å². The molecule has 0 radical (unpaired) electrons. The number of thiazole rings is 1. The Balaban J connectivity index is 1.59. The highest BCUT2D eigenvalue weighted by Gasteiger charge is 2.43. The van der Waals surface area contributed by atoms with Crippen LogP contribution in [0.1, 0.15) is 29.8 Å². The number of hydrogen-bond donors (Lipinski definition) is 0. The van der Waals surface area contributed by atoms with Crippen LogP contribution in [0.4, 0.5) is 0 Å². The van der Waals surface area contributed by atoms with E-state index in [9.17, 15) is 4.79 Å². The molecule has 1 amide bonds. The first kappa shape index (κ1) is 13.0. The summed E-state index contributed by atoms with van der Waals surface area (Å²) < 4.78 is 11.3. The first-order valence-corrected chi connectivity index (χ1v) is 7.51. The first-order chi connectivity index (χ1) is 9.22. The number of rotatable bonds is 2. The summed E-state index contributed by atoms with van der Waals surface area (Å²) in [6.07, 6.45) is 2.94. The molecule has 0 N–H and O–H groups in total. The predicted molar refractivity (Wildman–Crippen MR) is 71.3 cm³/mol. The molecule has 1 atom stereocenters. The van der Waals surface area contributed by atoms with Crippen molar-refractivity contribution in [1.82, 2.24) is 9.88 Å². The van der Waals surface area contributed by atoms with Gasteiger partial charge in [0.2, 0.25) is 0 Å². The number of piperidine rings is 1. The van der Waals surface area contributed by atoms with Crippen LogP contribution in [0.25, 0.3) is 0 Å². The molecule has 0 unspecified atom stereocenters. The fraction of sp³-hybridized carbons (Fsp3) is 0.692. The van der Waals surface area contributed by atoms with Gasteiger partial charge in [-0.15, -0.1) is 11.3 Å². The molecule has 2 aliphatic heterocycles. The number of ether oxygens (including phenoxy) is 2. The molecule has 0 saturated carbocycles. The molecule has 19 heavy (non-hydrogen) atoms. The molecular formula is C13H18N2O3S. The van der Waals surface area contributed by atoms with E-state index in [1.165, 1.54) is 11.3 Å². The van der Waals surface area contributed by atoms with Crippen LogP contribution in [-0.2, 0) is 9.47 Å². The number of carbonyl (C=O) groups is 1. The molecule has 5 nitrogen and oxygen atoms in total. The van der Waals surface area contributed by atoms with Crippen LogP contribution >= 0.6 is 11.3 Å². The number of amides is 1. The van der Waals surface area contributed by atoms with E-state index in [-0.39, 0.29) is 17.6 Å². The van der Waals surface area contributed by atoms with Gasteiger partial charge in [-0.05, 0) is 12.8 Å². The minimum Gasteiger partial charge on any atom is -0.379 e. The lowest BCUT2D eigenvalue weighted by molar-refractivity contribution is -0.0402. The van der Waals surface area contributed by atoms with Crippen LogP contribution in [0, 0.1) is 0 Å². The Morgan fingerprint density at radius 3 is 2.95 bits per heavy atom. The molecule has 0 aromatic carbocycles. The molecule has 1 aromatic rings. The third-order valence-electron chi connectivity index (χ3n) is 4.12. The van der Waals surface area contributed by atoms with Crippen LogP contribution in [0.2, 0.25) is 0 Å². The zero-order valence-corrected chi connectivity index (χ0v) is 11.8. The number of aromatic nitrogens is 1. The van der Waals surface area contributed by atoms with E-state index in [0.29, 0.717) is 12.3 Å². The maximum Gasteiger partial charge on any atom is 0.273 e. The van der Waals surface area contributed by atoms with Crippen molar-refractivity contribution in [2.24, 2.45) is 0 Å². The first-order valence-electron chi connectivity index (χ1n) is 6.57. The lowest BCUT2D eigenvalue weighted by Crippen LogP contribution is -2.46. The molecule has 1 aromatic heterocycles. The summed E-state index contributed by atoms with van der Waals surface area (Å²) in [5, 5.41) is 1.81. The second-order valence-corrected chi connectivity index (χ2v) is 5.94. The van der Waals surface area contributed by atoms with Crippen molar-refractivity contribution in [3.05, 3.63) is 16.6 Å². The van der Waals surface area contributed by atoms with Gasteiger partial charge in [-0.1, -0.05) is 0 Å². The van der Waals surface area contributed by atoms with Gasteiger partial charge in [-0.25, -0.2) is 4.98 Å². The second kappa shape index (κ2) is 5.19. The predicted octanol–water partition coefficient (Wildman–Crippen LogP) is 1.55. The lowest BCUT2D eigenvalue weighted by atomic mass is 9.88. The van der Waals surface area contributed by atoms with Crippen molar-refractivity contribution in [2.45, 2.75) is 31.0 Å². The average Bonchev–Trinajstić information content (AvgIpc) is 3.09. The van der Waals surface area contributed by atoms with E-state index < -0.39 is 0 Å². The third kappa shape index (κ3) is 2.52. The van der Waals surface area contributed by atoms with Crippen molar-refractivity contribution in [3.8, 4) is 0 Å². The maximum atomic E-state index is 12.2. The van der Waals surface area contributed by atoms with Gasteiger partial charge in [0.15, 0.2) is 0 Å². The molecule has 6 heteroatoms. The summed E-state index contributed by atoms with van der Waals surface area (Å²) in [7, 11) is 1.73. The minimum atomic E-state index is -0.0699. The molecule has 2 fully saturated rings. The number of nitrogens with zero attached hydrogens (tertiary/aromatic N) is 2. The summed E-state index contributed by atoms with van der Waals surface area (Å²) in [5.74, 6) is 0.0392. The molecule has 0 bridgehead atoms. The number of likely N-dealkylation sites (tertiary alicyclic amines) is 1. The Morgan fingerprint density at radius 1 is 1.58 bits per heavy atom. The summed E-state index contributed by atoms with van der Waals surface area (Å²) >= 11 is 1.45. The smallest absolute Gasteiger partial charge is 0.273 e. The van der Waals surface area contributed by atoms with Gasteiger partial charge in [0.1, 0.15) is 5.69 Å². The summed E-state index contributed by atoms with van der Waals surface area (Å²) in [6, 6.07) is 0. The fourth-order valence-electron chi connectivity index (χ4n) is 2.90. The molecule has 104 valence electrons. The zero-order valence-electron chi connectivity index (χ0n) is 11.0. The SMILES string of the molecule is CO[C@H]1COC2(CCN(C(=O)c3cscn3)CC2)C1. The van der Waals surface area contributed by atoms with Crippen LogP contribution < -0.4 is 0 Å².